The summed E-state index contributed by atoms with van der Waals surface area (Å²) < 4.78 is 28.1. The van der Waals surface area contributed by atoms with Gasteiger partial charge in [0.2, 0.25) is 10.0 Å². The van der Waals surface area contributed by atoms with Gasteiger partial charge in [-0.05, 0) is 25.8 Å². The van der Waals surface area contributed by atoms with Crippen LogP contribution in [0.2, 0.25) is 0 Å². The van der Waals surface area contributed by atoms with Gasteiger partial charge in [-0.3, -0.25) is 4.68 Å². The van der Waals surface area contributed by atoms with Crippen LogP contribution >= 0.6 is 0 Å². The zero-order chi connectivity index (χ0) is 13.2. The summed E-state index contributed by atoms with van der Waals surface area (Å²) in [7, 11) is -1.70. The molecule has 2 heterocycles. The Morgan fingerprint density at radius 1 is 1.50 bits per heavy atom. The first-order chi connectivity index (χ1) is 8.55. The smallest absolute Gasteiger partial charge is 0.246 e. The highest BCUT2D eigenvalue weighted by Crippen LogP contribution is 2.26. The molecule has 102 valence electrons. The largest absolute Gasteiger partial charge is 0.330 e. The maximum Gasteiger partial charge on any atom is 0.246 e. The summed E-state index contributed by atoms with van der Waals surface area (Å²) in [5.41, 5.74) is 5.57. The van der Waals surface area contributed by atoms with Crippen LogP contribution in [0.4, 0.5) is 0 Å². The summed E-state index contributed by atoms with van der Waals surface area (Å²) in [6, 6.07) is 0.0361. The standard InChI is InChI=1S/C11H20N4O2S/c1-14-9-11(8-13-14)18(16,17)15-7-3-2-4-10(15)5-6-12/h8-10H,2-7,12H2,1H3. The number of aromatic nitrogens is 2. The zero-order valence-electron chi connectivity index (χ0n) is 10.6. The molecule has 1 aliphatic heterocycles. The molecular formula is C11H20N4O2S. The molecule has 1 saturated heterocycles. The summed E-state index contributed by atoms with van der Waals surface area (Å²) in [5, 5.41) is 3.93. The molecule has 1 unspecified atom stereocenters. The van der Waals surface area contributed by atoms with Crippen molar-refractivity contribution in [2.75, 3.05) is 13.1 Å². The fourth-order valence-corrected chi connectivity index (χ4v) is 4.15. The molecule has 1 aliphatic rings. The molecule has 2 rings (SSSR count). The van der Waals surface area contributed by atoms with Crippen molar-refractivity contribution in [3.05, 3.63) is 12.4 Å². The molecule has 1 atom stereocenters. The van der Waals surface area contributed by atoms with Gasteiger partial charge in [0.1, 0.15) is 4.90 Å². The molecule has 0 aliphatic carbocycles. The van der Waals surface area contributed by atoms with Crippen molar-refractivity contribution >= 4 is 10.0 Å². The molecule has 0 saturated carbocycles. The minimum absolute atomic E-state index is 0.0361. The van der Waals surface area contributed by atoms with E-state index >= 15 is 0 Å². The maximum atomic E-state index is 12.5. The van der Waals surface area contributed by atoms with Crippen LogP contribution < -0.4 is 5.73 Å². The Kier molecular flexibility index (Phi) is 4.04. The average molecular weight is 272 g/mol. The van der Waals surface area contributed by atoms with Gasteiger partial charge < -0.3 is 5.73 Å². The topological polar surface area (TPSA) is 81.2 Å². The van der Waals surface area contributed by atoms with Crippen LogP contribution in [0.3, 0.4) is 0 Å². The highest BCUT2D eigenvalue weighted by Gasteiger charge is 2.33. The molecule has 6 nitrogen and oxygen atoms in total. The third kappa shape index (κ3) is 2.57. The van der Waals surface area contributed by atoms with Gasteiger partial charge in [0.15, 0.2) is 0 Å². The van der Waals surface area contributed by atoms with Crippen molar-refractivity contribution in [1.82, 2.24) is 14.1 Å². The van der Waals surface area contributed by atoms with E-state index in [1.165, 1.54) is 10.9 Å². The second-order valence-corrected chi connectivity index (χ2v) is 6.58. The number of piperidine rings is 1. The lowest BCUT2D eigenvalue weighted by Crippen LogP contribution is -2.44. The first kappa shape index (κ1) is 13.5. The number of aryl methyl sites for hydroxylation is 1. The van der Waals surface area contributed by atoms with Gasteiger partial charge in [0, 0.05) is 25.8 Å². The highest BCUT2D eigenvalue weighted by molar-refractivity contribution is 7.89. The Morgan fingerprint density at radius 2 is 2.28 bits per heavy atom. The fourth-order valence-electron chi connectivity index (χ4n) is 2.44. The minimum Gasteiger partial charge on any atom is -0.330 e. The van der Waals surface area contributed by atoms with Crippen molar-refractivity contribution in [1.29, 1.82) is 0 Å². The van der Waals surface area contributed by atoms with E-state index in [2.05, 4.69) is 5.10 Å². The predicted molar refractivity (Wildman–Crippen MR) is 68.4 cm³/mol. The van der Waals surface area contributed by atoms with Crippen LogP contribution in [0.25, 0.3) is 0 Å². The molecule has 2 N–H and O–H groups in total. The summed E-state index contributed by atoms with van der Waals surface area (Å²) in [6.07, 6.45) is 6.56. The third-order valence-electron chi connectivity index (χ3n) is 3.36. The SMILES string of the molecule is Cn1cc(S(=O)(=O)N2CCCCC2CCN)cn1. The van der Waals surface area contributed by atoms with Crippen molar-refractivity contribution in [2.45, 2.75) is 36.6 Å². The molecule has 18 heavy (non-hydrogen) atoms. The fraction of sp³-hybridized carbons (Fsp3) is 0.727. The molecule has 7 heteroatoms. The normalized spacial score (nSPS) is 22.2. The number of nitrogens with zero attached hydrogens (tertiary/aromatic N) is 3. The molecule has 0 amide bonds. The van der Waals surface area contributed by atoms with Crippen molar-refractivity contribution in [3.8, 4) is 0 Å². The van der Waals surface area contributed by atoms with Gasteiger partial charge >= 0.3 is 0 Å². The average Bonchev–Trinajstić information content (AvgIpc) is 2.78. The molecule has 0 bridgehead atoms. The Morgan fingerprint density at radius 3 is 2.89 bits per heavy atom. The molecule has 1 fully saturated rings. The van der Waals surface area contributed by atoms with Gasteiger partial charge in [-0.25, -0.2) is 8.42 Å². The van der Waals surface area contributed by atoms with E-state index in [9.17, 15) is 8.42 Å². The van der Waals surface area contributed by atoms with Crippen molar-refractivity contribution < 1.29 is 8.42 Å². The Bertz CT molecular complexity index is 495. The minimum atomic E-state index is -3.42. The second kappa shape index (κ2) is 5.38. The lowest BCUT2D eigenvalue weighted by atomic mass is 10.0. The number of sulfonamides is 1. The van der Waals surface area contributed by atoms with Gasteiger partial charge in [0.25, 0.3) is 0 Å². The Balaban J connectivity index is 2.27. The van der Waals surface area contributed by atoms with E-state index in [-0.39, 0.29) is 10.9 Å². The van der Waals surface area contributed by atoms with Crippen molar-refractivity contribution in [2.24, 2.45) is 12.8 Å². The van der Waals surface area contributed by atoms with Gasteiger partial charge in [-0.2, -0.15) is 9.40 Å². The van der Waals surface area contributed by atoms with E-state index in [1.807, 2.05) is 0 Å². The molecule has 1 aromatic rings. The number of hydrogen-bond donors (Lipinski definition) is 1. The molecule has 1 aromatic heterocycles. The molecule has 0 radical (unpaired) electrons. The summed E-state index contributed by atoms with van der Waals surface area (Å²) in [4.78, 5) is 0.272. The lowest BCUT2D eigenvalue weighted by Gasteiger charge is -2.34. The van der Waals surface area contributed by atoms with Crippen molar-refractivity contribution in [3.63, 3.8) is 0 Å². The molecular weight excluding hydrogens is 252 g/mol. The van der Waals surface area contributed by atoms with E-state index in [1.54, 1.807) is 17.5 Å². The van der Waals surface area contributed by atoms with Gasteiger partial charge in [-0.15, -0.1) is 0 Å². The Hall–Kier alpha value is -0.920. The van der Waals surface area contributed by atoms with E-state index in [0.717, 1.165) is 25.7 Å². The highest BCUT2D eigenvalue weighted by atomic mass is 32.2. The van der Waals surface area contributed by atoms with E-state index < -0.39 is 10.0 Å². The first-order valence-corrected chi connectivity index (χ1v) is 7.70. The number of hydrogen-bond acceptors (Lipinski definition) is 4. The number of nitrogens with two attached hydrogens (primary N) is 1. The third-order valence-corrected chi connectivity index (χ3v) is 5.27. The second-order valence-electron chi connectivity index (χ2n) is 4.69. The van der Waals surface area contributed by atoms with Gasteiger partial charge in [-0.1, -0.05) is 6.42 Å². The summed E-state index contributed by atoms with van der Waals surface area (Å²) in [6.45, 7) is 1.10. The lowest BCUT2D eigenvalue weighted by molar-refractivity contribution is 0.243. The van der Waals surface area contributed by atoms with E-state index in [0.29, 0.717) is 13.1 Å². The zero-order valence-corrected chi connectivity index (χ0v) is 11.4. The van der Waals surface area contributed by atoms with Crippen LogP contribution in [0.15, 0.2) is 17.3 Å². The van der Waals surface area contributed by atoms with E-state index in [4.69, 9.17) is 5.73 Å². The Labute approximate surface area is 108 Å². The van der Waals surface area contributed by atoms with Crippen LogP contribution in [0, 0.1) is 0 Å². The van der Waals surface area contributed by atoms with Crippen LogP contribution in [-0.4, -0.2) is 41.6 Å². The quantitative estimate of drug-likeness (QED) is 0.855. The first-order valence-electron chi connectivity index (χ1n) is 6.26. The summed E-state index contributed by atoms with van der Waals surface area (Å²) >= 11 is 0. The van der Waals surface area contributed by atoms with Crippen LogP contribution in [0.1, 0.15) is 25.7 Å². The molecule has 0 aromatic carbocycles. The van der Waals surface area contributed by atoms with Crippen LogP contribution in [-0.2, 0) is 17.1 Å². The van der Waals surface area contributed by atoms with Gasteiger partial charge in [0.05, 0.1) is 6.20 Å². The monoisotopic (exact) mass is 272 g/mol. The predicted octanol–water partition coefficient (Wildman–Crippen LogP) is 0.312. The number of rotatable bonds is 4. The maximum absolute atomic E-state index is 12.5. The summed E-state index contributed by atoms with van der Waals surface area (Å²) in [5.74, 6) is 0. The van der Waals surface area contributed by atoms with Crippen LogP contribution in [0.5, 0.6) is 0 Å². The molecule has 0 spiro atoms.